The third-order valence-electron chi connectivity index (χ3n) is 3.10. The normalized spacial score (nSPS) is 30.9. The van der Waals surface area contributed by atoms with Crippen molar-refractivity contribution in [1.82, 2.24) is 0 Å². The Morgan fingerprint density at radius 1 is 1.00 bits per heavy atom. The maximum Gasteiger partial charge on any atom is 0.306 e. The summed E-state index contributed by atoms with van der Waals surface area (Å²) in [7, 11) is 0. The third kappa shape index (κ3) is 4.09. The average molecular weight is 199 g/mol. The van der Waals surface area contributed by atoms with Crippen molar-refractivity contribution in [3.05, 3.63) is 0 Å². The van der Waals surface area contributed by atoms with Crippen LogP contribution in [-0.4, -0.2) is 17.1 Å². The summed E-state index contributed by atoms with van der Waals surface area (Å²) in [4.78, 5) is 10.9. The lowest BCUT2D eigenvalue weighted by molar-refractivity contribution is -0.142. The first-order valence-electron chi connectivity index (χ1n) is 5.68. The summed E-state index contributed by atoms with van der Waals surface area (Å²) in [6, 6.07) is 0.344. The molecule has 0 amide bonds. The largest absolute Gasteiger partial charge is 0.481 e. The molecule has 0 heterocycles. The van der Waals surface area contributed by atoms with Gasteiger partial charge in [-0.2, -0.15) is 0 Å². The van der Waals surface area contributed by atoms with Crippen LogP contribution in [0.15, 0.2) is 0 Å². The van der Waals surface area contributed by atoms with Crippen LogP contribution < -0.4 is 5.73 Å². The summed E-state index contributed by atoms with van der Waals surface area (Å²) in [5, 5.41) is 8.94. The van der Waals surface area contributed by atoms with Crippen LogP contribution in [0.1, 0.15) is 51.4 Å². The molecule has 82 valence electrons. The van der Waals surface area contributed by atoms with Crippen LogP contribution in [0.5, 0.6) is 0 Å². The average Bonchev–Trinajstić information content (AvgIpc) is 2.15. The van der Waals surface area contributed by atoms with Crippen molar-refractivity contribution >= 4 is 5.97 Å². The summed E-state index contributed by atoms with van der Waals surface area (Å²) in [6.07, 6.45) is 8.01. The Hall–Kier alpha value is -0.570. The molecule has 1 aliphatic rings. The van der Waals surface area contributed by atoms with Gasteiger partial charge in [0.05, 0.1) is 5.92 Å². The molecule has 0 saturated heterocycles. The molecule has 3 N–H and O–H groups in total. The highest BCUT2D eigenvalue weighted by Gasteiger charge is 2.17. The van der Waals surface area contributed by atoms with Gasteiger partial charge in [0.2, 0.25) is 0 Å². The minimum absolute atomic E-state index is 0.107. The number of hydrogen-bond acceptors (Lipinski definition) is 2. The summed E-state index contributed by atoms with van der Waals surface area (Å²) < 4.78 is 0. The predicted octanol–water partition coefficient (Wildman–Crippen LogP) is 2.15. The van der Waals surface area contributed by atoms with Gasteiger partial charge in [-0.05, 0) is 25.7 Å². The van der Waals surface area contributed by atoms with Crippen LogP contribution >= 0.6 is 0 Å². The van der Waals surface area contributed by atoms with Crippen LogP contribution in [0, 0.1) is 5.92 Å². The first-order valence-corrected chi connectivity index (χ1v) is 5.68. The number of carboxylic acid groups (broad SMARTS) is 1. The van der Waals surface area contributed by atoms with E-state index in [2.05, 4.69) is 0 Å². The summed E-state index contributed by atoms with van der Waals surface area (Å²) >= 11 is 0. The Balaban J connectivity index is 2.35. The molecule has 0 aliphatic heterocycles. The van der Waals surface area contributed by atoms with Crippen LogP contribution in [0.4, 0.5) is 0 Å². The van der Waals surface area contributed by atoms with E-state index in [4.69, 9.17) is 10.8 Å². The number of hydrogen-bond donors (Lipinski definition) is 2. The summed E-state index contributed by atoms with van der Waals surface area (Å²) in [5.41, 5.74) is 5.90. The van der Waals surface area contributed by atoms with Gasteiger partial charge in [0, 0.05) is 6.04 Å². The molecule has 0 aromatic heterocycles. The van der Waals surface area contributed by atoms with Crippen molar-refractivity contribution < 1.29 is 9.90 Å². The molecule has 0 radical (unpaired) electrons. The topological polar surface area (TPSA) is 63.3 Å². The van der Waals surface area contributed by atoms with Crippen molar-refractivity contribution in [2.24, 2.45) is 11.7 Å². The molecule has 0 bridgehead atoms. The number of carboxylic acids is 1. The molecule has 0 atom stereocenters. The maximum atomic E-state index is 10.9. The molecule has 1 saturated carbocycles. The minimum Gasteiger partial charge on any atom is -0.481 e. The fourth-order valence-electron chi connectivity index (χ4n) is 2.13. The van der Waals surface area contributed by atoms with E-state index in [-0.39, 0.29) is 5.92 Å². The van der Waals surface area contributed by atoms with Crippen molar-refractivity contribution in [2.75, 3.05) is 0 Å². The molecule has 1 rings (SSSR count). The summed E-state index contributed by atoms with van der Waals surface area (Å²) in [5.74, 6) is -0.723. The molecule has 0 aromatic carbocycles. The second-order valence-electron chi connectivity index (χ2n) is 4.36. The van der Waals surface area contributed by atoms with Crippen LogP contribution in [0.2, 0.25) is 0 Å². The third-order valence-corrected chi connectivity index (χ3v) is 3.10. The Morgan fingerprint density at radius 2 is 1.43 bits per heavy atom. The molecule has 1 fully saturated rings. The minimum atomic E-state index is -0.616. The van der Waals surface area contributed by atoms with Crippen LogP contribution in [0.3, 0.4) is 0 Å². The lowest BCUT2D eigenvalue weighted by Crippen LogP contribution is -2.21. The zero-order chi connectivity index (χ0) is 10.4. The van der Waals surface area contributed by atoms with E-state index in [0.29, 0.717) is 6.04 Å². The predicted molar refractivity (Wildman–Crippen MR) is 56.0 cm³/mol. The van der Waals surface area contributed by atoms with Gasteiger partial charge in [0.1, 0.15) is 0 Å². The van der Waals surface area contributed by atoms with Crippen molar-refractivity contribution in [2.45, 2.75) is 57.4 Å². The molecule has 3 nitrogen and oxygen atoms in total. The Bertz CT molecular complexity index is 170. The monoisotopic (exact) mass is 199 g/mol. The van der Waals surface area contributed by atoms with E-state index >= 15 is 0 Å². The van der Waals surface area contributed by atoms with Gasteiger partial charge >= 0.3 is 5.97 Å². The molecule has 14 heavy (non-hydrogen) atoms. The molecule has 1 aliphatic carbocycles. The van der Waals surface area contributed by atoms with Gasteiger partial charge in [-0.25, -0.2) is 0 Å². The van der Waals surface area contributed by atoms with Gasteiger partial charge in [0.15, 0.2) is 0 Å². The van der Waals surface area contributed by atoms with Crippen molar-refractivity contribution in [1.29, 1.82) is 0 Å². The Kier molecular flexibility index (Phi) is 4.94. The number of carbonyl (C=O) groups is 1. The van der Waals surface area contributed by atoms with E-state index < -0.39 is 5.97 Å². The van der Waals surface area contributed by atoms with Crippen LogP contribution in [-0.2, 0) is 4.79 Å². The molecule has 0 spiro atoms. The van der Waals surface area contributed by atoms with Gasteiger partial charge in [-0.3, -0.25) is 4.79 Å². The second kappa shape index (κ2) is 6.02. The first kappa shape index (κ1) is 11.5. The number of rotatable bonds is 1. The van der Waals surface area contributed by atoms with E-state index in [0.717, 1.165) is 51.4 Å². The SMILES string of the molecule is NC1CCCCC(C(=O)O)CCCC1. The zero-order valence-corrected chi connectivity index (χ0v) is 8.74. The number of nitrogens with two attached hydrogens (primary N) is 1. The van der Waals surface area contributed by atoms with E-state index in [1.807, 2.05) is 0 Å². The fourth-order valence-corrected chi connectivity index (χ4v) is 2.13. The van der Waals surface area contributed by atoms with E-state index in [1.54, 1.807) is 0 Å². The fraction of sp³-hybridized carbons (Fsp3) is 0.909. The smallest absolute Gasteiger partial charge is 0.306 e. The first-order chi connectivity index (χ1) is 6.70. The molecule has 0 aromatic rings. The standard InChI is InChI=1S/C11H21NO2/c12-10-7-3-1-5-9(11(13)14)6-2-4-8-10/h9-10H,1-8,12H2,(H,13,14). The van der Waals surface area contributed by atoms with Crippen molar-refractivity contribution in [3.8, 4) is 0 Å². The van der Waals surface area contributed by atoms with Gasteiger partial charge in [0.25, 0.3) is 0 Å². The molecular formula is C11H21NO2. The molecule has 0 unspecified atom stereocenters. The highest BCUT2D eigenvalue weighted by atomic mass is 16.4. The lowest BCUT2D eigenvalue weighted by Gasteiger charge is -2.17. The second-order valence-corrected chi connectivity index (χ2v) is 4.36. The van der Waals surface area contributed by atoms with Gasteiger partial charge in [-0.1, -0.05) is 25.7 Å². The van der Waals surface area contributed by atoms with Crippen molar-refractivity contribution in [3.63, 3.8) is 0 Å². The Labute approximate surface area is 85.7 Å². The van der Waals surface area contributed by atoms with E-state index in [1.165, 1.54) is 0 Å². The molecular weight excluding hydrogens is 178 g/mol. The number of aliphatic carboxylic acids is 1. The van der Waals surface area contributed by atoms with Gasteiger partial charge in [-0.15, -0.1) is 0 Å². The molecule has 3 heteroatoms. The quantitative estimate of drug-likeness (QED) is 0.680. The maximum absolute atomic E-state index is 10.9. The highest BCUT2D eigenvalue weighted by Crippen LogP contribution is 2.21. The lowest BCUT2D eigenvalue weighted by atomic mass is 9.91. The Morgan fingerprint density at radius 3 is 1.86 bits per heavy atom. The van der Waals surface area contributed by atoms with E-state index in [9.17, 15) is 4.79 Å². The highest BCUT2D eigenvalue weighted by molar-refractivity contribution is 5.69. The van der Waals surface area contributed by atoms with Crippen LogP contribution in [0.25, 0.3) is 0 Å². The van der Waals surface area contributed by atoms with Gasteiger partial charge < -0.3 is 10.8 Å². The summed E-state index contributed by atoms with van der Waals surface area (Å²) in [6.45, 7) is 0. The zero-order valence-electron chi connectivity index (χ0n) is 8.74.